The lowest BCUT2D eigenvalue weighted by Crippen LogP contribution is -2.58. The molecule has 2 aromatic carbocycles. The van der Waals surface area contributed by atoms with Gasteiger partial charge in [0.05, 0.1) is 66.5 Å². The van der Waals surface area contributed by atoms with Gasteiger partial charge in [-0.3, -0.25) is 24.3 Å². The van der Waals surface area contributed by atoms with E-state index in [1.165, 1.54) is 22.1 Å². The summed E-state index contributed by atoms with van der Waals surface area (Å²) in [5, 5.41) is 16.2. The van der Waals surface area contributed by atoms with Crippen molar-refractivity contribution in [3.8, 4) is 16.2 Å². The molecule has 1 fully saturated rings. The molecule has 372 valence electrons. The summed E-state index contributed by atoms with van der Waals surface area (Å²) in [5.74, 6) is -1.89. The third-order valence-electron chi connectivity index (χ3n) is 12.8. The first-order valence-corrected chi connectivity index (χ1v) is 24.4. The van der Waals surface area contributed by atoms with Crippen LogP contribution in [0.5, 0.6) is 5.75 Å². The third-order valence-corrected chi connectivity index (χ3v) is 13.8. The Kier molecular flexibility index (Phi) is 16.9. The summed E-state index contributed by atoms with van der Waals surface area (Å²) < 4.78 is 74.2. The van der Waals surface area contributed by atoms with Crippen molar-refractivity contribution in [3.05, 3.63) is 106 Å². The van der Waals surface area contributed by atoms with Gasteiger partial charge in [0.2, 0.25) is 17.7 Å². The number of aromatic nitrogens is 2. The van der Waals surface area contributed by atoms with Gasteiger partial charge in [-0.2, -0.15) is 13.2 Å². The van der Waals surface area contributed by atoms with E-state index < -0.39 is 71.9 Å². The van der Waals surface area contributed by atoms with Crippen molar-refractivity contribution in [2.24, 2.45) is 5.41 Å². The lowest BCUT2D eigenvalue weighted by atomic mass is 9.85. The molecule has 0 radical (unpaired) electrons. The second-order valence-electron chi connectivity index (χ2n) is 19.1. The summed E-state index contributed by atoms with van der Waals surface area (Å²) in [6.45, 7) is 8.89. The van der Waals surface area contributed by atoms with Gasteiger partial charge < -0.3 is 34.9 Å². The number of carbonyl (C=O) groups is 3. The molecule has 0 unspecified atom stereocenters. The number of nitrogens with zero attached hydrogens (tertiary/aromatic N) is 4. The fourth-order valence-corrected chi connectivity index (χ4v) is 10.2. The normalized spacial score (nSPS) is 19.9. The van der Waals surface area contributed by atoms with Gasteiger partial charge in [-0.15, -0.1) is 11.3 Å². The Labute approximate surface area is 404 Å². The number of fused-ring (bicyclic) bond motifs is 2. The van der Waals surface area contributed by atoms with Crippen LogP contribution in [0.15, 0.2) is 71.9 Å². The number of ether oxygens (including phenoxy) is 3. The van der Waals surface area contributed by atoms with Gasteiger partial charge in [-0.05, 0) is 84.8 Å². The number of unbranched alkanes of at least 4 members (excludes halogenated alkanes) is 2. The number of carbonyl (C=O) groups excluding carboxylic acids is 3. The van der Waals surface area contributed by atoms with Gasteiger partial charge in [-0.1, -0.05) is 69.3 Å². The summed E-state index contributed by atoms with van der Waals surface area (Å²) in [6.07, 6.45) is -0.960. The standard InChI is InChI=1S/C51H62F4N6O7S/c1-31-21-39-38-12-8-7-11-35(38)22-40(39)45(61(31)29-51(53,54)55)44-41(52)24-37(26-56-44)68-18-10-6-9-17-66-19-20-67-28-43(63)59-47(50(3,4)5)49(65)60-27-36(62)23-42(60)48(64)57-25-33-13-15-34(16-14-33)46-32(2)58-30-69-46/h7-8,11-16,24,26,30-31,36,42,45,47,62H,6,9-10,17-23,25,27-29H2,1-5H3,(H,57,64)(H,59,63)/t31-,36-,42+,45+,47-/m1/s1. The predicted octanol–water partition coefficient (Wildman–Crippen LogP) is 7.75. The number of alkyl halides is 3. The Hall–Kier alpha value is -5.27. The number of benzene rings is 2. The molecule has 2 aromatic heterocycles. The highest BCUT2D eigenvalue weighted by atomic mass is 32.1. The van der Waals surface area contributed by atoms with Crippen molar-refractivity contribution in [1.29, 1.82) is 0 Å². The molecular weight excluding hydrogens is 917 g/mol. The van der Waals surface area contributed by atoms with Gasteiger partial charge in [0, 0.05) is 38.2 Å². The zero-order chi connectivity index (χ0) is 49.5. The van der Waals surface area contributed by atoms with Crippen molar-refractivity contribution >= 4 is 34.6 Å². The molecule has 0 bridgehead atoms. The van der Waals surface area contributed by atoms with Gasteiger partial charge in [0.15, 0.2) is 0 Å². The average molecular weight is 979 g/mol. The van der Waals surface area contributed by atoms with Gasteiger partial charge >= 0.3 is 6.18 Å². The van der Waals surface area contributed by atoms with Crippen molar-refractivity contribution < 1.29 is 51.3 Å². The van der Waals surface area contributed by atoms with E-state index in [0.717, 1.165) is 50.4 Å². The highest BCUT2D eigenvalue weighted by Gasteiger charge is 2.46. The number of aryl methyl sites for hydroxylation is 1. The molecule has 13 nitrogen and oxygen atoms in total. The zero-order valence-corrected chi connectivity index (χ0v) is 40.6. The largest absolute Gasteiger partial charge is 0.492 e. The van der Waals surface area contributed by atoms with Crippen LogP contribution in [0.2, 0.25) is 0 Å². The number of rotatable bonds is 20. The second-order valence-corrected chi connectivity index (χ2v) is 20.0. The van der Waals surface area contributed by atoms with Crippen LogP contribution >= 0.6 is 11.3 Å². The Morgan fingerprint density at radius 2 is 1.71 bits per heavy atom. The van der Waals surface area contributed by atoms with E-state index in [4.69, 9.17) is 14.2 Å². The van der Waals surface area contributed by atoms with E-state index in [2.05, 4.69) is 20.6 Å². The topological polar surface area (TPSA) is 155 Å². The molecule has 0 spiro atoms. The molecule has 7 rings (SSSR count). The molecule has 5 atom stereocenters. The number of pyridine rings is 1. The quantitative estimate of drug-likeness (QED) is 0.0592. The van der Waals surface area contributed by atoms with Crippen LogP contribution in [0.3, 0.4) is 0 Å². The number of amides is 3. The first-order valence-electron chi connectivity index (χ1n) is 23.5. The fraction of sp³-hybridized carbons (Fsp3) is 0.510. The molecule has 3 N–H and O–H groups in total. The second kappa shape index (κ2) is 22.7. The lowest BCUT2D eigenvalue weighted by molar-refractivity contribution is -0.155. The SMILES string of the molecule is Cc1ncsc1-c1ccc(CNC(=O)[C@@H]2C[C@@H](O)CN2C(=O)[C@@H](NC(=O)COCCOCCCCCOc2cnc([C@@H]3C4=C(C[C@@H](C)N3CC(F)(F)F)c3ccccc3C4)c(F)c2)C(C)(C)C)cc1. The number of nitrogens with one attached hydrogen (secondary N) is 2. The summed E-state index contributed by atoms with van der Waals surface area (Å²) in [4.78, 5) is 52.8. The number of hydrogen-bond donors (Lipinski definition) is 3. The van der Waals surface area contributed by atoms with E-state index in [0.29, 0.717) is 32.3 Å². The first kappa shape index (κ1) is 51.6. The molecule has 2 aliphatic heterocycles. The van der Waals surface area contributed by atoms with Crippen LogP contribution in [-0.4, -0.2) is 119 Å². The highest BCUT2D eigenvalue weighted by molar-refractivity contribution is 7.13. The van der Waals surface area contributed by atoms with Crippen LogP contribution in [0.1, 0.15) is 93.9 Å². The summed E-state index contributed by atoms with van der Waals surface area (Å²) >= 11 is 1.56. The van der Waals surface area contributed by atoms with Gasteiger partial charge in [-0.25, -0.2) is 9.37 Å². The first-order chi connectivity index (χ1) is 32.9. The highest BCUT2D eigenvalue weighted by Crippen LogP contribution is 2.49. The number of halogens is 4. The Balaban J connectivity index is 0.794. The third kappa shape index (κ3) is 13.1. The van der Waals surface area contributed by atoms with Crippen LogP contribution in [0, 0.1) is 18.2 Å². The van der Waals surface area contributed by atoms with E-state index >= 15 is 4.39 Å². The van der Waals surface area contributed by atoms with Crippen LogP contribution in [-0.2, 0) is 36.8 Å². The van der Waals surface area contributed by atoms with E-state index in [-0.39, 0.29) is 57.4 Å². The van der Waals surface area contributed by atoms with Crippen molar-refractivity contribution in [3.63, 3.8) is 0 Å². The molecule has 18 heteroatoms. The number of aliphatic hydroxyl groups excluding tert-OH is 1. The van der Waals surface area contributed by atoms with Crippen LogP contribution < -0.4 is 15.4 Å². The number of aliphatic hydroxyl groups is 1. The maximum Gasteiger partial charge on any atom is 0.401 e. The molecule has 4 aromatic rings. The van der Waals surface area contributed by atoms with Crippen LogP contribution in [0.25, 0.3) is 16.0 Å². The summed E-state index contributed by atoms with van der Waals surface area (Å²) in [6, 6.07) is 13.4. The summed E-state index contributed by atoms with van der Waals surface area (Å²) in [7, 11) is 0. The summed E-state index contributed by atoms with van der Waals surface area (Å²) in [5.41, 5.74) is 7.65. The Morgan fingerprint density at radius 1 is 0.971 bits per heavy atom. The molecule has 4 heterocycles. The molecule has 3 aliphatic rings. The monoisotopic (exact) mass is 978 g/mol. The lowest BCUT2D eigenvalue weighted by Gasteiger charge is -2.42. The van der Waals surface area contributed by atoms with Crippen LogP contribution in [0.4, 0.5) is 17.6 Å². The molecule has 69 heavy (non-hydrogen) atoms. The predicted molar refractivity (Wildman–Crippen MR) is 253 cm³/mol. The molecule has 0 saturated carbocycles. The van der Waals surface area contributed by atoms with Gasteiger partial charge in [0.25, 0.3) is 0 Å². The number of thiazole rings is 1. The van der Waals surface area contributed by atoms with Crippen molar-refractivity contribution in [2.75, 3.05) is 46.1 Å². The number of β-amino-alcohol motifs (C(OH)–C–C–N with tert-alkyl or cyclic N) is 1. The Morgan fingerprint density at radius 3 is 2.42 bits per heavy atom. The van der Waals surface area contributed by atoms with Crippen molar-refractivity contribution in [1.82, 2.24) is 30.4 Å². The maximum atomic E-state index is 15.8. The zero-order valence-electron chi connectivity index (χ0n) is 39.7. The van der Waals surface area contributed by atoms with Gasteiger partial charge in [0.1, 0.15) is 30.3 Å². The fourth-order valence-electron chi connectivity index (χ4n) is 9.35. The average Bonchev–Trinajstić information content (AvgIpc) is 4.02. The minimum Gasteiger partial charge on any atom is -0.492 e. The minimum atomic E-state index is -4.47. The molecule has 3 amide bonds. The smallest absolute Gasteiger partial charge is 0.401 e. The maximum absolute atomic E-state index is 15.8. The number of likely N-dealkylation sites (tertiary alicyclic amines) is 1. The minimum absolute atomic E-state index is 0.0391. The van der Waals surface area contributed by atoms with Crippen molar-refractivity contribution in [2.45, 2.75) is 116 Å². The molecular formula is C51H62F4N6O7S. The molecule has 1 saturated heterocycles. The molecule has 1 aliphatic carbocycles. The van der Waals surface area contributed by atoms with E-state index in [1.807, 2.05) is 76.2 Å². The van der Waals surface area contributed by atoms with E-state index in [1.54, 1.807) is 23.8 Å². The van der Waals surface area contributed by atoms with E-state index in [9.17, 15) is 32.7 Å². The number of hydrogen-bond acceptors (Lipinski definition) is 11. The Bertz CT molecular complexity index is 2460.